The number of aliphatic carboxylic acids is 1. The Bertz CT molecular complexity index is 435. The van der Waals surface area contributed by atoms with Crippen LogP contribution in [0.25, 0.3) is 0 Å². The lowest BCUT2D eigenvalue weighted by Crippen LogP contribution is -2.42. The minimum Gasteiger partial charge on any atom is -0.497 e. The van der Waals surface area contributed by atoms with E-state index in [0.717, 1.165) is 11.4 Å². The monoisotopic (exact) mass is 280 g/mol. The standard InChI is InChI=1S/C15H24N2O3/c1-11(2)16-14(15(18)19)8-9-17(3)12-6-5-7-13(10-12)20-4/h5-7,10-11,14,16H,8-9H2,1-4H3,(H,18,19). The Hall–Kier alpha value is -1.75. The molecule has 0 spiro atoms. The van der Waals surface area contributed by atoms with Crippen molar-refractivity contribution >= 4 is 11.7 Å². The van der Waals surface area contributed by atoms with Crippen molar-refractivity contribution in [3.05, 3.63) is 24.3 Å². The molecule has 0 aliphatic carbocycles. The van der Waals surface area contributed by atoms with Crippen molar-refractivity contribution in [2.75, 3.05) is 25.6 Å². The summed E-state index contributed by atoms with van der Waals surface area (Å²) in [6.07, 6.45) is 0.543. The highest BCUT2D eigenvalue weighted by molar-refractivity contribution is 5.73. The Morgan fingerprint density at radius 1 is 1.45 bits per heavy atom. The summed E-state index contributed by atoms with van der Waals surface area (Å²) in [6, 6.07) is 7.35. The first-order valence-electron chi connectivity index (χ1n) is 6.78. The molecular weight excluding hydrogens is 256 g/mol. The van der Waals surface area contributed by atoms with E-state index >= 15 is 0 Å². The third-order valence-corrected chi connectivity index (χ3v) is 3.08. The lowest BCUT2D eigenvalue weighted by atomic mass is 10.1. The second-order valence-electron chi connectivity index (χ2n) is 5.12. The number of carboxylic acids is 1. The van der Waals surface area contributed by atoms with Crippen LogP contribution in [0.3, 0.4) is 0 Å². The van der Waals surface area contributed by atoms with Crippen LogP contribution in [0, 0.1) is 0 Å². The molecule has 1 rings (SSSR count). The second-order valence-corrected chi connectivity index (χ2v) is 5.12. The van der Waals surface area contributed by atoms with Gasteiger partial charge in [0.15, 0.2) is 0 Å². The van der Waals surface area contributed by atoms with E-state index < -0.39 is 12.0 Å². The third-order valence-electron chi connectivity index (χ3n) is 3.08. The van der Waals surface area contributed by atoms with Gasteiger partial charge in [-0.2, -0.15) is 0 Å². The Kier molecular flexibility index (Phi) is 6.31. The SMILES string of the molecule is COc1cccc(N(C)CCC(NC(C)C)C(=O)O)c1. The van der Waals surface area contributed by atoms with Gasteiger partial charge >= 0.3 is 5.97 Å². The molecule has 0 aromatic heterocycles. The maximum atomic E-state index is 11.2. The van der Waals surface area contributed by atoms with Crippen molar-refractivity contribution in [2.24, 2.45) is 0 Å². The number of nitrogens with one attached hydrogen (secondary N) is 1. The highest BCUT2D eigenvalue weighted by atomic mass is 16.5. The topological polar surface area (TPSA) is 61.8 Å². The molecule has 1 atom stereocenters. The minimum absolute atomic E-state index is 0.151. The largest absolute Gasteiger partial charge is 0.497 e. The van der Waals surface area contributed by atoms with Crippen LogP contribution in [0.1, 0.15) is 20.3 Å². The zero-order valence-corrected chi connectivity index (χ0v) is 12.6. The van der Waals surface area contributed by atoms with Crippen LogP contribution < -0.4 is 15.0 Å². The lowest BCUT2D eigenvalue weighted by molar-refractivity contribution is -0.139. The number of anilines is 1. The number of nitrogens with zero attached hydrogens (tertiary/aromatic N) is 1. The van der Waals surface area contributed by atoms with E-state index in [-0.39, 0.29) is 6.04 Å². The van der Waals surface area contributed by atoms with Gasteiger partial charge in [-0.3, -0.25) is 4.79 Å². The molecule has 5 heteroatoms. The fourth-order valence-corrected chi connectivity index (χ4v) is 1.98. The molecule has 0 fully saturated rings. The molecule has 1 unspecified atom stereocenters. The molecule has 1 aromatic rings. The molecule has 20 heavy (non-hydrogen) atoms. The normalized spacial score (nSPS) is 12.2. The average Bonchev–Trinajstić information content (AvgIpc) is 2.42. The van der Waals surface area contributed by atoms with Gasteiger partial charge in [-0.25, -0.2) is 0 Å². The predicted octanol–water partition coefficient (Wildman–Crippen LogP) is 1.97. The van der Waals surface area contributed by atoms with Crippen molar-refractivity contribution in [1.29, 1.82) is 0 Å². The molecule has 0 bridgehead atoms. The van der Waals surface area contributed by atoms with Gasteiger partial charge in [0.1, 0.15) is 11.8 Å². The molecule has 1 aromatic carbocycles. The van der Waals surface area contributed by atoms with Gasteiger partial charge in [0.05, 0.1) is 7.11 Å². The van der Waals surface area contributed by atoms with Crippen LogP contribution in [-0.4, -0.2) is 43.9 Å². The van der Waals surface area contributed by atoms with Gasteiger partial charge in [0, 0.05) is 31.4 Å². The van der Waals surface area contributed by atoms with E-state index in [1.165, 1.54) is 0 Å². The molecule has 0 amide bonds. The van der Waals surface area contributed by atoms with Crippen molar-refractivity contribution in [3.8, 4) is 5.75 Å². The lowest BCUT2D eigenvalue weighted by Gasteiger charge is -2.23. The average molecular weight is 280 g/mol. The van der Waals surface area contributed by atoms with Crippen molar-refractivity contribution in [3.63, 3.8) is 0 Å². The summed E-state index contributed by atoms with van der Waals surface area (Å²) in [6.45, 7) is 4.55. The Labute approximate surface area is 120 Å². The van der Waals surface area contributed by atoms with Gasteiger partial charge in [-0.15, -0.1) is 0 Å². The van der Waals surface area contributed by atoms with Crippen LogP contribution in [0.4, 0.5) is 5.69 Å². The van der Waals surface area contributed by atoms with Crippen molar-refractivity contribution in [2.45, 2.75) is 32.4 Å². The summed E-state index contributed by atoms with van der Waals surface area (Å²) < 4.78 is 5.19. The summed E-state index contributed by atoms with van der Waals surface area (Å²) in [5.74, 6) is -0.0119. The first-order valence-corrected chi connectivity index (χ1v) is 6.78. The van der Waals surface area contributed by atoms with E-state index in [9.17, 15) is 9.90 Å². The molecule has 5 nitrogen and oxygen atoms in total. The highest BCUT2D eigenvalue weighted by Gasteiger charge is 2.18. The summed E-state index contributed by atoms with van der Waals surface area (Å²) in [5, 5.41) is 12.2. The minimum atomic E-state index is -0.808. The maximum Gasteiger partial charge on any atom is 0.320 e. The zero-order chi connectivity index (χ0) is 15.1. The highest BCUT2D eigenvalue weighted by Crippen LogP contribution is 2.20. The molecule has 112 valence electrons. The van der Waals surface area contributed by atoms with Crippen LogP contribution in [0.2, 0.25) is 0 Å². The van der Waals surface area contributed by atoms with Crippen molar-refractivity contribution in [1.82, 2.24) is 5.32 Å². The van der Waals surface area contributed by atoms with E-state index in [2.05, 4.69) is 5.32 Å². The smallest absolute Gasteiger partial charge is 0.320 e. The Balaban J connectivity index is 2.60. The predicted molar refractivity (Wildman–Crippen MR) is 80.6 cm³/mol. The fraction of sp³-hybridized carbons (Fsp3) is 0.533. The van der Waals surface area contributed by atoms with Gasteiger partial charge in [0.2, 0.25) is 0 Å². The van der Waals surface area contributed by atoms with E-state index in [1.54, 1.807) is 7.11 Å². The molecule has 0 heterocycles. The molecule has 0 radical (unpaired) electrons. The molecule has 0 saturated carbocycles. The third kappa shape index (κ3) is 5.09. The maximum absolute atomic E-state index is 11.2. The number of benzene rings is 1. The zero-order valence-electron chi connectivity index (χ0n) is 12.6. The second kappa shape index (κ2) is 7.75. The number of carbonyl (C=O) groups is 1. The molecule has 0 saturated heterocycles. The van der Waals surface area contributed by atoms with Crippen LogP contribution >= 0.6 is 0 Å². The van der Waals surface area contributed by atoms with Gasteiger partial charge < -0.3 is 20.1 Å². The van der Waals surface area contributed by atoms with Crippen molar-refractivity contribution < 1.29 is 14.6 Å². The van der Waals surface area contributed by atoms with Gasteiger partial charge in [-0.05, 0) is 18.6 Å². The first-order chi connectivity index (χ1) is 9.43. The Morgan fingerprint density at radius 2 is 2.15 bits per heavy atom. The van der Waals surface area contributed by atoms with E-state index in [4.69, 9.17) is 4.74 Å². The van der Waals surface area contributed by atoms with Crippen LogP contribution in [0.15, 0.2) is 24.3 Å². The Morgan fingerprint density at radius 3 is 2.70 bits per heavy atom. The molecule has 0 aliphatic rings. The summed E-state index contributed by atoms with van der Waals surface area (Å²) in [4.78, 5) is 13.2. The molecule has 2 N–H and O–H groups in total. The van der Waals surface area contributed by atoms with Gasteiger partial charge in [0.25, 0.3) is 0 Å². The number of ether oxygens (including phenoxy) is 1. The van der Waals surface area contributed by atoms with Crippen LogP contribution in [-0.2, 0) is 4.79 Å². The summed E-state index contributed by atoms with van der Waals surface area (Å²) >= 11 is 0. The first kappa shape index (κ1) is 16.3. The quantitative estimate of drug-likeness (QED) is 0.762. The fourth-order valence-electron chi connectivity index (χ4n) is 1.98. The number of carboxylic acid groups (broad SMARTS) is 1. The van der Waals surface area contributed by atoms with Gasteiger partial charge in [-0.1, -0.05) is 19.9 Å². The van der Waals surface area contributed by atoms with Crippen LogP contribution in [0.5, 0.6) is 5.75 Å². The summed E-state index contributed by atoms with van der Waals surface area (Å²) in [7, 11) is 3.58. The molecule has 0 aliphatic heterocycles. The van der Waals surface area contributed by atoms with E-state index in [0.29, 0.717) is 13.0 Å². The number of hydrogen-bond acceptors (Lipinski definition) is 4. The summed E-state index contributed by atoms with van der Waals surface area (Å²) in [5.41, 5.74) is 1.01. The number of rotatable bonds is 8. The molecular formula is C15H24N2O3. The number of methoxy groups -OCH3 is 1. The van der Waals surface area contributed by atoms with E-state index in [1.807, 2.05) is 50.1 Å². The number of hydrogen-bond donors (Lipinski definition) is 2.